The number of aryl methyl sites for hydroxylation is 2. The van der Waals surface area contributed by atoms with Crippen LogP contribution in [-0.4, -0.2) is 47.4 Å². The zero-order chi connectivity index (χ0) is 44.4. The number of hydrogen-bond acceptors (Lipinski definition) is 2. The summed E-state index contributed by atoms with van der Waals surface area (Å²) < 4.78 is 298. The lowest BCUT2D eigenvalue weighted by Crippen LogP contribution is -2.76. The number of halogens is 20. The lowest BCUT2D eigenvalue weighted by atomic mass is 9.82. The highest BCUT2D eigenvalue weighted by Crippen LogP contribution is 2.67. The van der Waals surface area contributed by atoms with Crippen LogP contribution < -0.4 is 11.5 Å². The Morgan fingerprint density at radius 1 is 0.393 bits per heavy atom. The summed E-state index contributed by atoms with van der Waals surface area (Å²) in [5.41, 5.74) is 3.84. The molecule has 0 amide bonds. The minimum atomic E-state index is -9.13. The first-order valence-electron chi connectivity index (χ1n) is 16.4. The van der Waals surface area contributed by atoms with Gasteiger partial charge in [-0.25, -0.2) is 0 Å². The molecule has 0 aliphatic carbocycles. The van der Waals surface area contributed by atoms with Crippen LogP contribution in [-0.2, 0) is 24.7 Å². The van der Waals surface area contributed by atoms with E-state index in [-0.39, 0.29) is 49.9 Å². The molecule has 0 fully saturated rings. The lowest BCUT2D eigenvalue weighted by Gasteiger charge is -2.45. The molecule has 0 atom stereocenters. The summed E-state index contributed by atoms with van der Waals surface area (Å²) in [5, 5.41) is 0. The first kappa shape index (κ1) is 48.8. The van der Waals surface area contributed by atoms with E-state index in [1.807, 2.05) is 0 Å². The van der Waals surface area contributed by atoms with Gasteiger partial charge < -0.3 is 11.5 Å². The molecule has 22 heteroatoms. The minimum absolute atomic E-state index is 0.0225. The number of benzene rings is 2. The summed E-state index contributed by atoms with van der Waals surface area (Å²) in [6.45, 7) is 7.39. The molecule has 322 valence electrons. The second kappa shape index (κ2) is 14.8. The topological polar surface area (TPSA) is 52.0 Å². The average molecular weight is 853 g/mol. The third kappa shape index (κ3) is 6.78. The zero-order valence-corrected chi connectivity index (χ0v) is 30.0. The van der Waals surface area contributed by atoms with Gasteiger partial charge in [0.2, 0.25) is 0 Å². The molecule has 0 unspecified atom stereocenters. The molecule has 0 spiro atoms. The van der Waals surface area contributed by atoms with Gasteiger partial charge in [-0.3, -0.25) is 0 Å². The Bertz CT molecular complexity index is 1600. The molecule has 2 nitrogen and oxygen atoms in total. The van der Waals surface area contributed by atoms with E-state index in [1.165, 1.54) is 41.5 Å². The van der Waals surface area contributed by atoms with Crippen molar-refractivity contribution in [3.8, 4) is 0 Å². The molecule has 2 aromatic carbocycles. The fourth-order valence-corrected chi connectivity index (χ4v) is 5.69. The third-order valence-electron chi connectivity index (χ3n) is 9.15. The Hall–Kier alpha value is -3.36. The Morgan fingerprint density at radius 2 is 0.607 bits per heavy atom. The van der Waals surface area contributed by atoms with Gasteiger partial charge in [0.25, 0.3) is 0 Å². The normalized spacial score (nSPS) is 15.0. The van der Waals surface area contributed by atoms with Crippen LogP contribution in [0, 0.1) is 0 Å². The second-order valence-corrected chi connectivity index (χ2v) is 13.8. The van der Waals surface area contributed by atoms with Crippen LogP contribution in [0.15, 0.2) is 24.3 Å². The second-order valence-electron chi connectivity index (χ2n) is 13.8. The molecule has 0 saturated heterocycles. The molecule has 0 aliphatic heterocycles. The number of nitrogen functional groups attached to an aromatic ring is 2. The highest BCUT2D eigenvalue weighted by molar-refractivity contribution is 5.59. The molecule has 0 radical (unpaired) electrons. The standard InChI is InChI=1S/C34H36F20N2/c1-7-9-17-11-19(13-21(15(3)4)23(17)55)25(35,36)27(39,40)29(43,44)31(47,48)33(51,52)34(53,54)32(49,50)30(45,46)28(41,42)26(37,38)20-12-18(10-8-2)24(56)22(14-20)16(5)6/h11-16H,7-10,55-56H2,1-6H3. The molecule has 56 heavy (non-hydrogen) atoms. The van der Waals surface area contributed by atoms with Crippen LogP contribution in [0.2, 0.25) is 0 Å². The van der Waals surface area contributed by atoms with E-state index in [0.717, 1.165) is 0 Å². The first-order chi connectivity index (χ1) is 24.8. The molecule has 0 aliphatic rings. The highest BCUT2D eigenvalue weighted by Gasteiger charge is 2.97. The van der Waals surface area contributed by atoms with E-state index < -0.39 is 116 Å². The first-order valence-corrected chi connectivity index (χ1v) is 16.4. The van der Waals surface area contributed by atoms with E-state index in [0.29, 0.717) is 0 Å². The number of rotatable bonds is 17. The number of hydrogen-bond donors (Lipinski definition) is 2. The molecule has 4 N–H and O–H groups in total. The average Bonchev–Trinajstić information content (AvgIpc) is 3.05. The predicted octanol–water partition coefficient (Wildman–Crippen LogP) is 13.0. The van der Waals surface area contributed by atoms with Gasteiger partial charge in [0.05, 0.1) is 0 Å². The third-order valence-corrected chi connectivity index (χ3v) is 9.15. The van der Waals surface area contributed by atoms with Gasteiger partial charge in [-0.05, 0) is 71.2 Å². The highest BCUT2D eigenvalue weighted by atomic mass is 19.4. The van der Waals surface area contributed by atoms with Crippen molar-refractivity contribution in [2.45, 2.75) is 138 Å². The van der Waals surface area contributed by atoms with Crippen molar-refractivity contribution in [2.75, 3.05) is 11.5 Å². The van der Waals surface area contributed by atoms with Crippen molar-refractivity contribution in [3.05, 3.63) is 57.6 Å². The molecule has 0 bridgehead atoms. The molecular formula is C34H36F20N2. The molecule has 0 aromatic heterocycles. The number of nitrogens with two attached hydrogens (primary N) is 2. The van der Waals surface area contributed by atoms with Crippen molar-refractivity contribution in [2.24, 2.45) is 0 Å². The summed E-state index contributed by atoms with van der Waals surface area (Å²) in [5.74, 6) is -85.2. The molecule has 0 saturated carbocycles. The van der Waals surface area contributed by atoms with Gasteiger partial charge in [-0.2, -0.15) is 87.8 Å². The van der Waals surface area contributed by atoms with E-state index in [2.05, 4.69) is 0 Å². The van der Waals surface area contributed by atoms with Crippen LogP contribution >= 0.6 is 0 Å². The van der Waals surface area contributed by atoms with Crippen LogP contribution in [0.5, 0.6) is 0 Å². The van der Waals surface area contributed by atoms with Crippen molar-refractivity contribution < 1.29 is 87.8 Å². The molecule has 2 rings (SSSR count). The largest absolute Gasteiger partial charge is 0.398 e. The van der Waals surface area contributed by atoms with Gasteiger partial charge in [-0.15, -0.1) is 0 Å². The SMILES string of the molecule is CCCc1cc(C(F)(F)C(F)(F)C(F)(F)C(F)(F)C(F)(F)C(F)(F)C(F)(F)C(F)(F)C(F)(F)C(F)(F)c2cc(CCC)c(N)c(C(C)C)c2)cc(C(C)C)c1N. The number of anilines is 2. The van der Waals surface area contributed by atoms with Gasteiger partial charge in [0.15, 0.2) is 0 Å². The van der Waals surface area contributed by atoms with Crippen LogP contribution in [0.1, 0.15) is 99.6 Å². The van der Waals surface area contributed by atoms with Crippen molar-refractivity contribution in [1.82, 2.24) is 0 Å². The smallest absolute Gasteiger partial charge is 0.385 e. The maximum atomic E-state index is 15.2. The fraction of sp³-hybridized carbons (Fsp3) is 0.647. The van der Waals surface area contributed by atoms with Gasteiger partial charge >= 0.3 is 59.2 Å². The summed E-state index contributed by atoms with van der Waals surface area (Å²) >= 11 is 0. The number of alkyl halides is 20. The maximum absolute atomic E-state index is 15.2. The van der Waals surface area contributed by atoms with Crippen LogP contribution in [0.4, 0.5) is 99.2 Å². The summed E-state index contributed by atoms with van der Waals surface area (Å²) in [6, 6.07) is -0.261. The lowest BCUT2D eigenvalue weighted by molar-refractivity contribution is -0.470. The van der Waals surface area contributed by atoms with Crippen LogP contribution in [0.25, 0.3) is 0 Å². The Kier molecular flexibility index (Phi) is 12.9. The fourth-order valence-electron chi connectivity index (χ4n) is 5.69. The Labute approximate surface area is 307 Å². The van der Waals surface area contributed by atoms with Crippen molar-refractivity contribution in [1.29, 1.82) is 0 Å². The maximum Gasteiger partial charge on any atom is 0.385 e. The van der Waals surface area contributed by atoms with Crippen molar-refractivity contribution in [3.63, 3.8) is 0 Å². The monoisotopic (exact) mass is 852 g/mol. The van der Waals surface area contributed by atoms with Gasteiger partial charge in [-0.1, -0.05) is 54.4 Å². The summed E-state index contributed by atoms with van der Waals surface area (Å²) in [6.07, 6.45) is -0.819. The predicted molar refractivity (Wildman–Crippen MR) is 165 cm³/mol. The van der Waals surface area contributed by atoms with Gasteiger partial charge in [0.1, 0.15) is 0 Å². The Balaban J connectivity index is 2.83. The van der Waals surface area contributed by atoms with E-state index in [4.69, 9.17) is 11.5 Å². The minimum Gasteiger partial charge on any atom is -0.398 e. The quantitative estimate of drug-likeness (QED) is 0.123. The summed E-state index contributed by atoms with van der Waals surface area (Å²) in [7, 11) is 0. The van der Waals surface area contributed by atoms with Gasteiger partial charge in [0, 0.05) is 22.5 Å². The summed E-state index contributed by atoms with van der Waals surface area (Å²) in [4.78, 5) is 0. The Morgan fingerprint density at radius 3 is 0.804 bits per heavy atom. The molecular weight excluding hydrogens is 816 g/mol. The van der Waals surface area contributed by atoms with E-state index in [9.17, 15) is 70.2 Å². The van der Waals surface area contributed by atoms with E-state index >= 15 is 17.6 Å². The zero-order valence-electron chi connectivity index (χ0n) is 30.0. The molecule has 2 aromatic rings. The van der Waals surface area contributed by atoms with E-state index in [1.54, 1.807) is 0 Å². The molecule has 0 heterocycles. The van der Waals surface area contributed by atoms with Crippen LogP contribution in [0.3, 0.4) is 0 Å². The van der Waals surface area contributed by atoms with Crippen molar-refractivity contribution >= 4 is 11.4 Å².